The molecule has 62 valence electrons. The summed E-state index contributed by atoms with van der Waals surface area (Å²) in [6, 6.07) is 0. The highest BCUT2D eigenvalue weighted by atomic mass is 16.1. The standard InChI is InChI=1S/C9H15NO/c1-7(2)8(11)9(3)4-5-10-6-9/h10H,1,4-6H2,2-3H3. The molecule has 1 N–H and O–H groups in total. The largest absolute Gasteiger partial charge is 0.316 e. The van der Waals surface area contributed by atoms with Crippen LogP contribution in [0.5, 0.6) is 0 Å². The van der Waals surface area contributed by atoms with Crippen LogP contribution in [0.2, 0.25) is 0 Å². The van der Waals surface area contributed by atoms with Crippen LogP contribution >= 0.6 is 0 Å². The number of hydrogen-bond donors (Lipinski definition) is 1. The molecule has 0 aromatic carbocycles. The van der Waals surface area contributed by atoms with E-state index in [1.807, 2.05) is 6.92 Å². The second kappa shape index (κ2) is 2.78. The zero-order valence-electron chi connectivity index (χ0n) is 7.24. The van der Waals surface area contributed by atoms with E-state index in [2.05, 4.69) is 11.9 Å². The summed E-state index contributed by atoms with van der Waals surface area (Å²) in [5, 5.41) is 3.19. The van der Waals surface area contributed by atoms with E-state index < -0.39 is 0 Å². The molecule has 0 saturated carbocycles. The second-order valence-corrected chi connectivity index (χ2v) is 3.60. The molecule has 2 nitrogen and oxygen atoms in total. The first kappa shape index (κ1) is 8.47. The van der Waals surface area contributed by atoms with Crippen LogP contribution in [0.25, 0.3) is 0 Å². The van der Waals surface area contributed by atoms with Crippen molar-refractivity contribution < 1.29 is 4.79 Å². The maximum Gasteiger partial charge on any atom is 0.165 e. The number of rotatable bonds is 2. The Bertz CT molecular complexity index is 190. The molecule has 1 saturated heterocycles. The van der Waals surface area contributed by atoms with Gasteiger partial charge in [-0.3, -0.25) is 4.79 Å². The monoisotopic (exact) mass is 153 g/mol. The van der Waals surface area contributed by atoms with E-state index in [4.69, 9.17) is 0 Å². The number of nitrogens with one attached hydrogen (secondary N) is 1. The van der Waals surface area contributed by atoms with Gasteiger partial charge < -0.3 is 5.32 Å². The van der Waals surface area contributed by atoms with Gasteiger partial charge in [0.1, 0.15) is 0 Å². The number of ketones is 1. The molecule has 1 aliphatic heterocycles. The minimum atomic E-state index is -0.175. The van der Waals surface area contributed by atoms with E-state index in [-0.39, 0.29) is 11.2 Å². The van der Waals surface area contributed by atoms with Crippen molar-refractivity contribution in [2.24, 2.45) is 5.41 Å². The molecule has 0 amide bonds. The van der Waals surface area contributed by atoms with Crippen LogP contribution in [0, 0.1) is 5.41 Å². The second-order valence-electron chi connectivity index (χ2n) is 3.60. The third kappa shape index (κ3) is 1.51. The molecule has 1 aliphatic rings. The van der Waals surface area contributed by atoms with Gasteiger partial charge in [-0.25, -0.2) is 0 Å². The Labute approximate surface area is 67.7 Å². The summed E-state index contributed by atoms with van der Waals surface area (Å²) in [6.45, 7) is 9.21. The fourth-order valence-corrected chi connectivity index (χ4v) is 1.53. The molecular formula is C9H15NO. The van der Waals surface area contributed by atoms with Crippen molar-refractivity contribution in [3.8, 4) is 0 Å². The number of Topliss-reactive ketones (excluding diaryl/α,β-unsaturated/α-hetero) is 1. The van der Waals surface area contributed by atoms with Crippen LogP contribution in [0.4, 0.5) is 0 Å². The predicted octanol–water partition coefficient (Wildman–Crippen LogP) is 1.13. The Balaban J connectivity index is 2.71. The molecule has 0 radical (unpaired) electrons. The first-order chi connectivity index (χ1) is 5.06. The van der Waals surface area contributed by atoms with E-state index in [0.717, 1.165) is 19.5 Å². The van der Waals surface area contributed by atoms with Gasteiger partial charge in [-0.15, -0.1) is 0 Å². The van der Waals surface area contributed by atoms with Gasteiger partial charge in [-0.05, 0) is 25.5 Å². The maximum atomic E-state index is 11.5. The van der Waals surface area contributed by atoms with Gasteiger partial charge >= 0.3 is 0 Å². The Hall–Kier alpha value is -0.630. The molecule has 11 heavy (non-hydrogen) atoms. The van der Waals surface area contributed by atoms with Crippen LogP contribution in [-0.2, 0) is 4.79 Å². The molecule has 1 heterocycles. The van der Waals surface area contributed by atoms with Gasteiger partial charge in [-0.1, -0.05) is 13.5 Å². The van der Waals surface area contributed by atoms with Crippen molar-refractivity contribution in [3.63, 3.8) is 0 Å². The molecule has 0 aliphatic carbocycles. The third-order valence-electron chi connectivity index (χ3n) is 2.30. The average Bonchev–Trinajstić information content (AvgIpc) is 2.35. The molecule has 1 atom stereocenters. The quantitative estimate of drug-likeness (QED) is 0.602. The summed E-state index contributed by atoms with van der Waals surface area (Å²) < 4.78 is 0. The Morgan fingerprint density at radius 2 is 2.27 bits per heavy atom. The highest BCUT2D eigenvalue weighted by Crippen LogP contribution is 2.27. The fraction of sp³-hybridized carbons (Fsp3) is 0.667. The van der Waals surface area contributed by atoms with Gasteiger partial charge in [0, 0.05) is 12.0 Å². The van der Waals surface area contributed by atoms with Crippen LogP contribution in [0.3, 0.4) is 0 Å². The molecule has 1 fully saturated rings. The summed E-state index contributed by atoms with van der Waals surface area (Å²) in [7, 11) is 0. The first-order valence-corrected chi connectivity index (χ1v) is 3.97. The lowest BCUT2D eigenvalue weighted by molar-refractivity contribution is -0.123. The minimum absolute atomic E-state index is 0.175. The van der Waals surface area contributed by atoms with Gasteiger partial charge in [-0.2, -0.15) is 0 Å². The molecule has 0 spiro atoms. The lowest BCUT2D eigenvalue weighted by Crippen LogP contribution is -2.30. The van der Waals surface area contributed by atoms with Gasteiger partial charge in [0.2, 0.25) is 0 Å². The van der Waals surface area contributed by atoms with Gasteiger partial charge in [0.25, 0.3) is 0 Å². The van der Waals surface area contributed by atoms with E-state index in [0.29, 0.717) is 5.57 Å². The van der Waals surface area contributed by atoms with Crippen molar-refractivity contribution in [1.82, 2.24) is 5.32 Å². The van der Waals surface area contributed by atoms with Crippen molar-refractivity contribution in [3.05, 3.63) is 12.2 Å². The highest BCUT2D eigenvalue weighted by molar-refractivity contribution is 5.98. The van der Waals surface area contributed by atoms with E-state index >= 15 is 0 Å². The first-order valence-electron chi connectivity index (χ1n) is 3.97. The lowest BCUT2D eigenvalue weighted by Gasteiger charge is -2.20. The fourth-order valence-electron chi connectivity index (χ4n) is 1.53. The SMILES string of the molecule is C=C(C)C(=O)C1(C)CCNC1. The summed E-state index contributed by atoms with van der Waals surface area (Å²) in [5.74, 6) is 0.211. The summed E-state index contributed by atoms with van der Waals surface area (Å²) in [6.07, 6.45) is 0.943. The van der Waals surface area contributed by atoms with Gasteiger partial charge in [0.15, 0.2) is 5.78 Å². The van der Waals surface area contributed by atoms with Crippen LogP contribution in [-0.4, -0.2) is 18.9 Å². The number of carbonyl (C=O) groups is 1. The molecule has 1 unspecified atom stereocenters. The van der Waals surface area contributed by atoms with Crippen molar-refractivity contribution >= 4 is 5.78 Å². The normalized spacial score (nSPS) is 30.4. The number of allylic oxidation sites excluding steroid dienone is 1. The molecule has 2 heteroatoms. The van der Waals surface area contributed by atoms with Crippen molar-refractivity contribution in [2.75, 3.05) is 13.1 Å². The Morgan fingerprint density at radius 1 is 1.64 bits per heavy atom. The van der Waals surface area contributed by atoms with E-state index in [1.54, 1.807) is 6.92 Å². The summed E-state index contributed by atoms with van der Waals surface area (Å²) in [4.78, 5) is 11.5. The molecular weight excluding hydrogens is 138 g/mol. The minimum Gasteiger partial charge on any atom is -0.316 e. The zero-order chi connectivity index (χ0) is 8.48. The summed E-state index contributed by atoms with van der Waals surface area (Å²) >= 11 is 0. The Morgan fingerprint density at radius 3 is 2.64 bits per heavy atom. The van der Waals surface area contributed by atoms with E-state index in [9.17, 15) is 4.79 Å². The maximum absolute atomic E-state index is 11.5. The van der Waals surface area contributed by atoms with Crippen LogP contribution in [0.1, 0.15) is 20.3 Å². The predicted molar refractivity (Wildman–Crippen MR) is 45.4 cm³/mol. The molecule has 0 bridgehead atoms. The highest BCUT2D eigenvalue weighted by Gasteiger charge is 2.35. The topological polar surface area (TPSA) is 29.1 Å². The number of carbonyl (C=O) groups excluding carboxylic acids is 1. The smallest absolute Gasteiger partial charge is 0.165 e. The van der Waals surface area contributed by atoms with Crippen LogP contribution in [0.15, 0.2) is 12.2 Å². The van der Waals surface area contributed by atoms with Crippen LogP contribution < -0.4 is 5.32 Å². The van der Waals surface area contributed by atoms with E-state index in [1.165, 1.54) is 0 Å². The molecule has 0 aromatic heterocycles. The lowest BCUT2D eigenvalue weighted by atomic mass is 9.82. The third-order valence-corrected chi connectivity index (χ3v) is 2.30. The average molecular weight is 153 g/mol. The van der Waals surface area contributed by atoms with Crippen molar-refractivity contribution in [2.45, 2.75) is 20.3 Å². The number of hydrogen-bond acceptors (Lipinski definition) is 2. The molecule has 1 rings (SSSR count). The zero-order valence-corrected chi connectivity index (χ0v) is 7.24. The van der Waals surface area contributed by atoms with Gasteiger partial charge in [0.05, 0.1) is 0 Å². The van der Waals surface area contributed by atoms with Crippen molar-refractivity contribution in [1.29, 1.82) is 0 Å². The molecule has 0 aromatic rings. The Kier molecular flexibility index (Phi) is 2.14. The summed E-state index contributed by atoms with van der Waals surface area (Å²) in [5.41, 5.74) is 0.502.